The maximum Gasteiger partial charge on any atom is 0.416 e. The first-order valence-electron chi connectivity index (χ1n) is 3.84. The molecule has 2 N–H and O–H groups in total. The van der Waals surface area contributed by atoms with Gasteiger partial charge in [0.2, 0.25) is 5.91 Å². The van der Waals surface area contributed by atoms with E-state index in [0.29, 0.717) is 0 Å². The van der Waals surface area contributed by atoms with E-state index in [2.05, 4.69) is 0 Å². The van der Waals surface area contributed by atoms with E-state index in [1.54, 1.807) is 0 Å². The van der Waals surface area contributed by atoms with E-state index in [9.17, 15) is 18.0 Å². The van der Waals surface area contributed by atoms with Crippen LogP contribution in [0.1, 0.15) is 11.1 Å². The Balaban J connectivity index is 0.00000196. The molecule has 0 bridgehead atoms. The number of benzene rings is 1. The summed E-state index contributed by atoms with van der Waals surface area (Å²) in [6.45, 7) is 0. The molecule has 1 aromatic rings. The first-order valence-corrected chi connectivity index (χ1v) is 3.84. The largest absolute Gasteiger partial charge is 0.416 e. The van der Waals surface area contributed by atoms with Gasteiger partial charge in [0, 0.05) is 18.9 Å². The molecule has 77 valence electrons. The molecule has 0 saturated carbocycles. The fourth-order valence-electron chi connectivity index (χ4n) is 1.14. The Morgan fingerprint density at radius 2 is 1.80 bits per heavy atom. The van der Waals surface area contributed by atoms with Gasteiger partial charge < -0.3 is 5.73 Å². The van der Waals surface area contributed by atoms with Gasteiger partial charge in [-0.15, -0.1) is 0 Å². The van der Waals surface area contributed by atoms with Gasteiger partial charge in [-0.2, -0.15) is 13.2 Å². The number of hydrogen-bond donors (Lipinski definition) is 1. The molecule has 0 spiro atoms. The smallest absolute Gasteiger partial charge is 0.369 e. The number of nitrogens with two attached hydrogens (primary N) is 1. The second kappa shape index (κ2) is 5.24. The van der Waals surface area contributed by atoms with Crippen LogP contribution in [0, 0.1) is 0 Å². The van der Waals surface area contributed by atoms with Crippen LogP contribution in [-0.4, -0.2) is 24.8 Å². The zero-order chi connectivity index (χ0) is 10.8. The van der Waals surface area contributed by atoms with Crippen LogP contribution in [0.25, 0.3) is 0 Å². The zero-order valence-electron chi connectivity index (χ0n) is 8.14. The van der Waals surface area contributed by atoms with E-state index in [4.69, 9.17) is 5.73 Å². The molecule has 0 atom stereocenters. The van der Waals surface area contributed by atoms with Crippen LogP contribution < -0.4 is 5.73 Å². The van der Waals surface area contributed by atoms with Crippen molar-refractivity contribution in [1.82, 2.24) is 0 Å². The second-order valence-corrected chi connectivity index (χ2v) is 2.80. The summed E-state index contributed by atoms with van der Waals surface area (Å²) in [6.07, 6.45) is -4.83. The molecule has 0 aliphatic heterocycles. The number of hydrogen-bond acceptors (Lipinski definition) is 1. The average Bonchev–Trinajstić information content (AvgIpc) is 2.01. The number of halogens is 3. The van der Waals surface area contributed by atoms with Gasteiger partial charge in [0.1, 0.15) is 0 Å². The first kappa shape index (κ1) is 14.1. The Labute approximate surface area is 96.8 Å². The van der Waals surface area contributed by atoms with Crippen molar-refractivity contribution in [1.29, 1.82) is 0 Å². The van der Waals surface area contributed by atoms with E-state index < -0.39 is 24.1 Å². The minimum atomic E-state index is -4.44. The van der Waals surface area contributed by atoms with E-state index in [1.165, 1.54) is 18.2 Å². The SMILES string of the molecule is NC(=O)Cc1ccccc1C(F)(F)F.[Li]. The van der Waals surface area contributed by atoms with Crippen molar-refractivity contribution in [3.8, 4) is 0 Å². The van der Waals surface area contributed by atoms with E-state index in [0.717, 1.165) is 6.07 Å². The third-order valence-electron chi connectivity index (χ3n) is 1.69. The quantitative estimate of drug-likeness (QED) is 0.735. The molecular formula is C9H8F3LiNO. The Morgan fingerprint density at radius 1 is 1.27 bits per heavy atom. The van der Waals surface area contributed by atoms with Gasteiger partial charge in [-0.3, -0.25) is 4.79 Å². The second-order valence-electron chi connectivity index (χ2n) is 2.80. The van der Waals surface area contributed by atoms with Crippen LogP contribution in [0.5, 0.6) is 0 Å². The van der Waals surface area contributed by atoms with Crippen molar-refractivity contribution >= 4 is 24.8 Å². The van der Waals surface area contributed by atoms with Crippen molar-refractivity contribution < 1.29 is 18.0 Å². The minimum absolute atomic E-state index is 0. The maximum absolute atomic E-state index is 12.3. The van der Waals surface area contributed by atoms with E-state index >= 15 is 0 Å². The Hall–Kier alpha value is -0.923. The number of amides is 1. The molecule has 1 amide bonds. The van der Waals surface area contributed by atoms with Crippen molar-refractivity contribution in [2.45, 2.75) is 12.6 Å². The number of rotatable bonds is 2. The molecular weight excluding hydrogens is 202 g/mol. The summed E-state index contributed by atoms with van der Waals surface area (Å²) in [5.74, 6) is -0.776. The fourth-order valence-corrected chi connectivity index (χ4v) is 1.14. The average molecular weight is 210 g/mol. The third kappa shape index (κ3) is 3.98. The molecule has 1 radical (unpaired) electrons. The van der Waals surface area contributed by atoms with E-state index in [-0.39, 0.29) is 24.4 Å². The van der Waals surface area contributed by atoms with Crippen LogP contribution in [0.2, 0.25) is 0 Å². The summed E-state index contributed by atoms with van der Waals surface area (Å²) < 4.78 is 37.0. The van der Waals surface area contributed by atoms with Crippen molar-refractivity contribution in [2.75, 3.05) is 0 Å². The van der Waals surface area contributed by atoms with Gasteiger partial charge in [0.15, 0.2) is 0 Å². The molecule has 0 saturated heterocycles. The first-order chi connectivity index (χ1) is 6.41. The van der Waals surface area contributed by atoms with Crippen molar-refractivity contribution in [3.63, 3.8) is 0 Å². The molecule has 0 fully saturated rings. The summed E-state index contributed by atoms with van der Waals surface area (Å²) in [7, 11) is 0. The van der Waals surface area contributed by atoms with Gasteiger partial charge in [-0.05, 0) is 11.6 Å². The molecule has 1 rings (SSSR count). The Morgan fingerprint density at radius 3 is 2.27 bits per heavy atom. The molecule has 2 nitrogen and oxygen atoms in total. The van der Waals surface area contributed by atoms with Gasteiger partial charge in [0.05, 0.1) is 12.0 Å². The topological polar surface area (TPSA) is 43.1 Å². The van der Waals surface area contributed by atoms with Gasteiger partial charge in [-0.1, -0.05) is 18.2 Å². The fraction of sp³-hybridized carbons (Fsp3) is 0.222. The Kier molecular flexibility index (Phi) is 4.92. The molecule has 0 aromatic heterocycles. The molecule has 6 heteroatoms. The molecule has 0 heterocycles. The van der Waals surface area contributed by atoms with Gasteiger partial charge >= 0.3 is 6.18 Å². The minimum Gasteiger partial charge on any atom is -0.369 e. The molecule has 0 unspecified atom stereocenters. The van der Waals surface area contributed by atoms with Crippen molar-refractivity contribution in [2.24, 2.45) is 5.73 Å². The summed E-state index contributed by atoms with van der Waals surface area (Å²) >= 11 is 0. The van der Waals surface area contributed by atoms with Crippen LogP contribution in [-0.2, 0) is 17.4 Å². The third-order valence-corrected chi connectivity index (χ3v) is 1.69. The predicted molar refractivity (Wildman–Crippen MR) is 50.1 cm³/mol. The van der Waals surface area contributed by atoms with Crippen LogP contribution >= 0.6 is 0 Å². The monoisotopic (exact) mass is 210 g/mol. The van der Waals surface area contributed by atoms with Gasteiger partial charge in [-0.25, -0.2) is 0 Å². The van der Waals surface area contributed by atoms with Gasteiger partial charge in [0.25, 0.3) is 0 Å². The normalized spacial score (nSPS) is 10.6. The predicted octanol–water partition coefficient (Wildman–Crippen LogP) is 1.35. The number of primary amides is 1. The summed E-state index contributed by atoms with van der Waals surface area (Å²) in [6, 6.07) is 4.88. The molecule has 0 aliphatic rings. The number of alkyl halides is 3. The van der Waals surface area contributed by atoms with Crippen LogP contribution in [0.4, 0.5) is 13.2 Å². The number of carbonyl (C=O) groups excluding carboxylic acids is 1. The molecule has 0 aliphatic carbocycles. The van der Waals surface area contributed by atoms with E-state index in [1.807, 2.05) is 0 Å². The maximum atomic E-state index is 12.3. The van der Waals surface area contributed by atoms with Crippen molar-refractivity contribution in [3.05, 3.63) is 35.4 Å². The molecule has 15 heavy (non-hydrogen) atoms. The summed E-state index contributed by atoms with van der Waals surface area (Å²) in [5, 5.41) is 0. The standard InChI is InChI=1S/C9H8F3NO.Li/c10-9(11,12)7-4-2-1-3-6(7)5-8(13)14;/h1-4H,5H2,(H2,13,14);. The van der Waals surface area contributed by atoms with Crippen LogP contribution in [0.3, 0.4) is 0 Å². The number of carbonyl (C=O) groups is 1. The molecule has 1 aromatic carbocycles. The summed E-state index contributed by atoms with van der Waals surface area (Å²) in [4.78, 5) is 10.5. The zero-order valence-corrected chi connectivity index (χ0v) is 8.14. The van der Waals surface area contributed by atoms with Crippen LogP contribution in [0.15, 0.2) is 24.3 Å². The summed E-state index contributed by atoms with van der Waals surface area (Å²) in [5.41, 5.74) is 3.93. The Bertz CT molecular complexity index is 351.